The Kier molecular flexibility index (Phi) is 8.95. The summed E-state index contributed by atoms with van der Waals surface area (Å²) >= 11 is 0. The number of halogens is 1. The number of hydrazone groups is 1. The van der Waals surface area contributed by atoms with Crippen LogP contribution in [0.5, 0.6) is 0 Å². The molecule has 4 amide bonds. The summed E-state index contributed by atoms with van der Waals surface area (Å²) in [5.41, 5.74) is -0.311. The number of piperidine rings is 1. The summed E-state index contributed by atoms with van der Waals surface area (Å²) < 4.78 is 14.7. The first-order chi connectivity index (χ1) is 19.9. The van der Waals surface area contributed by atoms with Gasteiger partial charge in [0.1, 0.15) is 22.8 Å². The van der Waals surface area contributed by atoms with Crippen LogP contribution in [-0.4, -0.2) is 81.4 Å². The summed E-state index contributed by atoms with van der Waals surface area (Å²) in [4.78, 5) is 53.5. The van der Waals surface area contributed by atoms with Gasteiger partial charge in [0, 0.05) is 26.6 Å². The van der Waals surface area contributed by atoms with Crippen molar-refractivity contribution in [2.45, 2.75) is 57.7 Å². The zero-order chi connectivity index (χ0) is 30.7. The van der Waals surface area contributed by atoms with Gasteiger partial charge in [-0.25, -0.2) is 14.2 Å². The van der Waals surface area contributed by atoms with Gasteiger partial charge in [-0.2, -0.15) is 5.10 Å². The molecule has 1 unspecified atom stereocenters. The summed E-state index contributed by atoms with van der Waals surface area (Å²) in [6.07, 6.45) is -0.607. The first-order valence-corrected chi connectivity index (χ1v) is 13.8. The number of benzene rings is 2. The maximum absolute atomic E-state index is 14.7. The molecule has 2 aliphatic rings. The average Bonchev–Trinajstić information content (AvgIpc) is 3.19. The predicted molar refractivity (Wildman–Crippen MR) is 152 cm³/mol. The number of likely N-dealkylation sites (tertiary alicyclic amines) is 1. The smallest absolute Gasteiger partial charge is 0.405 e. The Morgan fingerprint density at radius 1 is 1.14 bits per heavy atom. The Bertz CT molecular complexity index is 1400. The molecule has 12 heteroatoms. The van der Waals surface area contributed by atoms with Gasteiger partial charge >= 0.3 is 6.09 Å². The predicted octanol–water partition coefficient (Wildman–Crippen LogP) is 2.07. The summed E-state index contributed by atoms with van der Waals surface area (Å²) in [7, 11) is 1.59. The molecule has 2 heterocycles. The van der Waals surface area contributed by atoms with E-state index in [1.807, 2.05) is 30.3 Å². The lowest BCUT2D eigenvalue weighted by Crippen LogP contribution is -2.61. The fraction of sp³-hybridized carbons (Fsp3) is 0.433. The fourth-order valence-electron chi connectivity index (χ4n) is 5.55. The third kappa shape index (κ3) is 6.43. The monoisotopic (exact) mass is 581 g/mol. The molecule has 4 rings (SSSR count). The van der Waals surface area contributed by atoms with Gasteiger partial charge in [0.2, 0.25) is 11.8 Å². The van der Waals surface area contributed by atoms with Gasteiger partial charge in [0.25, 0.3) is 5.91 Å². The van der Waals surface area contributed by atoms with E-state index in [9.17, 15) is 33.8 Å². The number of rotatable bonds is 10. The lowest BCUT2D eigenvalue weighted by Gasteiger charge is -2.41. The van der Waals surface area contributed by atoms with Gasteiger partial charge in [-0.3, -0.25) is 14.4 Å². The number of hydrogen-bond acceptors (Lipinski definition) is 6. The third-order valence-electron chi connectivity index (χ3n) is 7.86. The highest BCUT2D eigenvalue weighted by molar-refractivity contribution is 6.13. The van der Waals surface area contributed by atoms with Gasteiger partial charge < -0.3 is 25.7 Å². The second kappa shape index (κ2) is 12.3. The van der Waals surface area contributed by atoms with Crippen molar-refractivity contribution >= 4 is 29.5 Å². The van der Waals surface area contributed by atoms with E-state index in [-0.39, 0.29) is 38.4 Å². The molecule has 224 valence electrons. The lowest BCUT2D eigenvalue weighted by atomic mass is 9.73. The SMILES string of the molecule is CN1N=C2CCN(C(=O)C(CCc3ccc(CO)cc3F)NC(=O)C(C)(C)NC(=O)O)C[C@@]2(Cc2ccccc2)C1=O. The Hall–Kier alpha value is -4.32. The first-order valence-electron chi connectivity index (χ1n) is 13.8. The molecule has 0 aromatic heterocycles. The van der Waals surface area contributed by atoms with Crippen LogP contribution in [0.4, 0.5) is 9.18 Å². The first kappa shape index (κ1) is 30.6. The van der Waals surface area contributed by atoms with Crippen molar-refractivity contribution < 1.29 is 33.8 Å². The molecule has 2 atom stereocenters. The van der Waals surface area contributed by atoms with Crippen LogP contribution in [0.2, 0.25) is 0 Å². The molecule has 0 aliphatic carbocycles. The highest BCUT2D eigenvalue weighted by Gasteiger charge is 2.54. The largest absolute Gasteiger partial charge is 0.465 e. The highest BCUT2D eigenvalue weighted by atomic mass is 19.1. The van der Waals surface area contributed by atoms with Crippen molar-refractivity contribution in [1.29, 1.82) is 0 Å². The van der Waals surface area contributed by atoms with Crippen molar-refractivity contribution in [3.63, 3.8) is 0 Å². The summed E-state index contributed by atoms with van der Waals surface area (Å²) in [6.45, 7) is 2.73. The fourth-order valence-corrected chi connectivity index (χ4v) is 5.55. The van der Waals surface area contributed by atoms with E-state index in [2.05, 4.69) is 15.7 Å². The molecule has 2 aromatic rings. The maximum Gasteiger partial charge on any atom is 0.405 e. The van der Waals surface area contributed by atoms with Gasteiger partial charge in [-0.05, 0) is 55.9 Å². The molecule has 2 aliphatic heterocycles. The molecule has 42 heavy (non-hydrogen) atoms. The van der Waals surface area contributed by atoms with Crippen LogP contribution in [0, 0.1) is 11.2 Å². The van der Waals surface area contributed by atoms with Crippen molar-refractivity contribution in [3.05, 3.63) is 71.0 Å². The van der Waals surface area contributed by atoms with Gasteiger partial charge in [-0.15, -0.1) is 0 Å². The van der Waals surface area contributed by atoms with Crippen LogP contribution in [0.25, 0.3) is 0 Å². The van der Waals surface area contributed by atoms with Gasteiger partial charge in [0.05, 0.1) is 12.3 Å². The van der Waals surface area contributed by atoms with Crippen LogP contribution in [-0.2, 0) is 33.8 Å². The summed E-state index contributed by atoms with van der Waals surface area (Å²) in [5, 5.41) is 29.1. The number of aliphatic hydroxyl groups excluding tert-OH is 1. The van der Waals surface area contributed by atoms with Crippen LogP contribution < -0.4 is 10.6 Å². The molecule has 4 N–H and O–H groups in total. The van der Waals surface area contributed by atoms with Crippen molar-refractivity contribution in [2.24, 2.45) is 10.5 Å². The number of nitrogens with one attached hydrogen (secondary N) is 2. The summed E-state index contributed by atoms with van der Waals surface area (Å²) in [6, 6.07) is 12.6. The van der Waals surface area contributed by atoms with E-state index in [0.717, 1.165) is 5.56 Å². The number of fused-ring (bicyclic) bond motifs is 1. The number of carboxylic acid groups (broad SMARTS) is 1. The topological polar surface area (TPSA) is 152 Å². The molecule has 11 nitrogen and oxygen atoms in total. The van der Waals surface area contributed by atoms with Crippen LogP contribution in [0.1, 0.15) is 43.4 Å². The zero-order valence-electron chi connectivity index (χ0n) is 23.9. The molecule has 0 saturated carbocycles. The minimum Gasteiger partial charge on any atom is -0.465 e. The third-order valence-corrected chi connectivity index (χ3v) is 7.86. The highest BCUT2D eigenvalue weighted by Crippen LogP contribution is 2.38. The number of amides is 4. The Balaban J connectivity index is 1.61. The second-order valence-electron chi connectivity index (χ2n) is 11.3. The number of carbonyl (C=O) groups excluding carboxylic acids is 3. The molecule has 0 radical (unpaired) electrons. The second-order valence-corrected chi connectivity index (χ2v) is 11.3. The maximum atomic E-state index is 14.7. The Morgan fingerprint density at radius 3 is 2.50 bits per heavy atom. The number of aryl methyl sites for hydroxylation is 1. The van der Waals surface area contributed by atoms with E-state index >= 15 is 0 Å². The molecular weight excluding hydrogens is 545 g/mol. The molecule has 1 fully saturated rings. The van der Waals surface area contributed by atoms with Crippen LogP contribution in [0.15, 0.2) is 53.6 Å². The summed E-state index contributed by atoms with van der Waals surface area (Å²) in [5.74, 6) is -1.96. The quantitative estimate of drug-likeness (QED) is 0.337. The van der Waals surface area contributed by atoms with Crippen molar-refractivity contribution in [3.8, 4) is 0 Å². The normalized spacial score (nSPS) is 19.2. The molecular formula is C30H36FN5O6. The number of hydrogen-bond donors (Lipinski definition) is 4. The standard InChI is InChI=1S/C30H36FN5O6/c1-29(2,33-28(41)42)26(39)32-23(12-11-21-10-9-20(17-37)15-22(21)31)25(38)36-14-13-24-30(18-36,27(40)35(3)34-24)16-19-7-5-4-6-8-19/h4-10,15,23,33,37H,11-14,16-18H2,1-3H3,(H,32,39)(H,41,42)/t23?,30-/m1/s1. The number of nitrogens with zero attached hydrogens (tertiary/aromatic N) is 3. The van der Waals surface area contributed by atoms with Crippen LogP contribution in [0.3, 0.4) is 0 Å². The van der Waals surface area contributed by atoms with E-state index in [1.54, 1.807) is 13.1 Å². The molecule has 0 spiro atoms. The van der Waals surface area contributed by atoms with Crippen LogP contribution >= 0.6 is 0 Å². The molecule has 1 saturated heterocycles. The van der Waals surface area contributed by atoms with E-state index < -0.39 is 40.7 Å². The molecule has 2 aromatic carbocycles. The van der Waals surface area contributed by atoms with E-state index in [0.29, 0.717) is 29.7 Å². The van der Waals surface area contributed by atoms with E-state index in [1.165, 1.54) is 35.9 Å². The van der Waals surface area contributed by atoms with Gasteiger partial charge in [-0.1, -0.05) is 42.5 Å². The van der Waals surface area contributed by atoms with Gasteiger partial charge in [0.15, 0.2) is 0 Å². The van der Waals surface area contributed by atoms with Crippen molar-refractivity contribution in [1.82, 2.24) is 20.5 Å². The number of aliphatic hydroxyl groups is 1. The lowest BCUT2D eigenvalue weighted by molar-refractivity contribution is -0.142. The Labute approximate surface area is 243 Å². The molecule has 0 bridgehead atoms. The van der Waals surface area contributed by atoms with E-state index in [4.69, 9.17) is 0 Å². The Morgan fingerprint density at radius 2 is 1.86 bits per heavy atom. The minimum atomic E-state index is -1.56. The zero-order valence-corrected chi connectivity index (χ0v) is 23.9. The average molecular weight is 582 g/mol. The van der Waals surface area contributed by atoms with Crippen molar-refractivity contribution in [2.75, 3.05) is 20.1 Å². The minimum absolute atomic E-state index is 0.0140. The number of carbonyl (C=O) groups is 4.